The summed E-state index contributed by atoms with van der Waals surface area (Å²) in [5, 5.41) is 0. The van der Waals surface area contributed by atoms with Crippen LogP contribution in [0.25, 0.3) is 0 Å². The first-order valence-corrected chi connectivity index (χ1v) is 4.73. The Labute approximate surface area is 87.3 Å². The van der Waals surface area contributed by atoms with E-state index < -0.39 is 0 Å². The fraction of sp³-hybridized carbons (Fsp3) is 0.143. The average Bonchev–Trinajstić information content (AvgIpc) is 2.22. The van der Waals surface area contributed by atoms with Crippen molar-refractivity contribution < 1.29 is 0 Å². The third-order valence-electron chi connectivity index (χ3n) is 1.61. The molecule has 0 fully saturated rings. The Bertz CT molecular complexity index is 272. The average molecular weight is 186 g/mol. The molecule has 74 valence electrons. The van der Waals surface area contributed by atoms with E-state index in [-0.39, 0.29) is 0 Å². The SMILES string of the molecule is C=C/C=C\C=C\C/C(C=C)=C/C=C\C. The van der Waals surface area contributed by atoms with Gasteiger partial charge in [-0.1, -0.05) is 67.8 Å². The molecule has 0 spiro atoms. The molecule has 0 saturated carbocycles. The molecule has 0 heteroatoms. The predicted molar refractivity (Wildman–Crippen MR) is 66.2 cm³/mol. The minimum absolute atomic E-state index is 0.912. The van der Waals surface area contributed by atoms with Gasteiger partial charge in [0.2, 0.25) is 0 Å². The first kappa shape index (κ1) is 12.4. The minimum atomic E-state index is 0.912. The van der Waals surface area contributed by atoms with Gasteiger partial charge in [-0.15, -0.1) is 0 Å². The molecule has 14 heavy (non-hydrogen) atoms. The summed E-state index contributed by atoms with van der Waals surface area (Å²) < 4.78 is 0. The van der Waals surface area contributed by atoms with Crippen molar-refractivity contribution >= 4 is 0 Å². The van der Waals surface area contributed by atoms with Gasteiger partial charge in [0.1, 0.15) is 0 Å². The summed E-state index contributed by atoms with van der Waals surface area (Å²) in [6.07, 6.45) is 18.6. The van der Waals surface area contributed by atoms with Crippen molar-refractivity contribution in [2.45, 2.75) is 13.3 Å². The Hall–Kier alpha value is -1.56. The van der Waals surface area contributed by atoms with Gasteiger partial charge in [0, 0.05) is 0 Å². The van der Waals surface area contributed by atoms with Crippen LogP contribution in [0.2, 0.25) is 0 Å². The van der Waals surface area contributed by atoms with Crippen LogP contribution in [0.3, 0.4) is 0 Å². The van der Waals surface area contributed by atoms with Crippen molar-refractivity contribution in [3.05, 3.63) is 73.4 Å². The van der Waals surface area contributed by atoms with Crippen molar-refractivity contribution in [3.8, 4) is 0 Å². The molecule has 0 unspecified atom stereocenters. The number of rotatable bonds is 6. The van der Waals surface area contributed by atoms with Gasteiger partial charge < -0.3 is 0 Å². The first-order valence-electron chi connectivity index (χ1n) is 4.73. The van der Waals surface area contributed by atoms with Gasteiger partial charge in [0.05, 0.1) is 0 Å². The molecule has 0 aromatic rings. The van der Waals surface area contributed by atoms with Crippen LogP contribution in [0.4, 0.5) is 0 Å². The number of allylic oxidation sites excluding steroid dienone is 10. The van der Waals surface area contributed by atoms with Gasteiger partial charge in [-0.25, -0.2) is 0 Å². The first-order chi connectivity index (χ1) is 6.85. The van der Waals surface area contributed by atoms with Gasteiger partial charge in [-0.2, -0.15) is 0 Å². The standard InChI is InChI=1S/C14H18/c1-4-7-9-10-11-13-14(6-3)12-8-5-2/h4-12H,1,3,13H2,2H3/b8-5-,9-7-,11-10+,14-12+. The van der Waals surface area contributed by atoms with E-state index in [1.807, 2.05) is 43.4 Å². The van der Waals surface area contributed by atoms with Crippen LogP contribution < -0.4 is 0 Å². The second-order valence-corrected chi connectivity index (χ2v) is 2.72. The largest absolute Gasteiger partial charge is 0.0991 e. The van der Waals surface area contributed by atoms with E-state index in [1.54, 1.807) is 6.08 Å². The smallest absolute Gasteiger partial charge is 0.00945 e. The topological polar surface area (TPSA) is 0 Å². The summed E-state index contributed by atoms with van der Waals surface area (Å²) >= 11 is 0. The molecule has 0 aliphatic heterocycles. The van der Waals surface area contributed by atoms with Crippen molar-refractivity contribution in [2.75, 3.05) is 0 Å². The third-order valence-corrected chi connectivity index (χ3v) is 1.61. The zero-order valence-corrected chi connectivity index (χ0v) is 8.82. The van der Waals surface area contributed by atoms with Crippen LogP contribution in [-0.4, -0.2) is 0 Å². The van der Waals surface area contributed by atoms with Gasteiger partial charge >= 0.3 is 0 Å². The zero-order chi connectivity index (χ0) is 10.6. The summed E-state index contributed by atoms with van der Waals surface area (Å²) in [7, 11) is 0. The van der Waals surface area contributed by atoms with Crippen molar-refractivity contribution in [2.24, 2.45) is 0 Å². The lowest BCUT2D eigenvalue weighted by Crippen LogP contribution is -1.72. The molecule has 0 nitrogen and oxygen atoms in total. The zero-order valence-electron chi connectivity index (χ0n) is 8.82. The maximum atomic E-state index is 3.76. The highest BCUT2D eigenvalue weighted by Crippen LogP contribution is 2.03. The highest BCUT2D eigenvalue weighted by molar-refractivity contribution is 5.25. The summed E-state index contributed by atoms with van der Waals surface area (Å²) in [6, 6.07) is 0. The van der Waals surface area contributed by atoms with Crippen LogP contribution >= 0.6 is 0 Å². The minimum Gasteiger partial charge on any atom is -0.0991 e. The Morgan fingerprint density at radius 1 is 1.07 bits per heavy atom. The lowest BCUT2D eigenvalue weighted by molar-refractivity contribution is 1.29. The Kier molecular flexibility index (Phi) is 8.47. The highest BCUT2D eigenvalue weighted by atomic mass is 13.9. The van der Waals surface area contributed by atoms with Gasteiger partial charge in [-0.3, -0.25) is 0 Å². The fourth-order valence-corrected chi connectivity index (χ4v) is 0.865. The maximum absolute atomic E-state index is 3.76. The molecule has 0 rings (SSSR count). The molecule has 0 atom stereocenters. The second kappa shape index (κ2) is 9.53. The van der Waals surface area contributed by atoms with Crippen molar-refractivity contribution in [1.82, 2.24) is 0 Å². The highest BCUT2D eigenvalue weighted by Gasteiger charge is 1.83. The number of hydrogen-bond donors (Lipinski definition) is 0. The Balaban J connectivity index is 4.07. The van der Waals surface area contributed by atoms with E-state index in [1.165, 1.54) is 5.57 Å². The molecular weight excluding hydrogens is 168 g/mol. The Morgan fingerprint density at radius 3 is 2.43 bits per heavy atom. The molecule has 0 aromatic heterocycles. The predicted octanol–water partition coefficient (Wildman–Crippen LogP) is 4.36. The molecule has 0 bridgehead atoms. The maximum Gasteiger partial charge on any atom is -0.00945 e. The molecule has 0 N–H and O–H groups in total. The third kappa shape index (κ3) is 7.11. The van der Waals surface area contributed by atoms with E-state index >= 15 is 0 Å². The molecule has 0 aliphatic rings. The summed E-state index contributed by atoms with van der Waals surface area (Å²) in [5.41, 5.74) is 1.21. The quantitative estimate of drug-likeness (QED) is 0.540. The van der Waals surface area contributed by atoms with Gasteiger partial charge in [-0.05, 0) is 18.9 Å². The lowest BCUT2D eigenvalue weighted by atomic mass is 10.1. The van der Waals surface area contributed by atoms with E-state index in [4.69, 9.17) is 0 Å². The monoisotopic (exact) mass is 186 g/mol. The Morgan fingerprint density at radius 2 is 1.86 bits per heavy atom. The molecule has 0 heterocycles. The fourth-order valence-electron chi connectivity index (χ4n) is 0.865. The normalized spacial score (nSPS) is 13.1. The summed E-state index contributed by atoms with van der Waals surface area (Å²) in [5.74, 6) is 0. The van der Waals surface area contributed by atoms with Crippen LogP contribution in [0.15, 0.2) is 73.4 Å². The van der Waals surface area contributed by atoms with E-state index in [2.05, 4.69) is 25.3 Å². The van der Waals surface area contributed by atoms with Crippen LogP contribution in [-0.2, 0) is 0 Å². The van der Waals surface area contributed by atoms with Crippen molar-refractivity contribution in [3.63, 3.8) is 0 Å². The lowest BCUT2D eigenvalue weighted by Gasteiger charge is -1.92. The van der Waals surface area contributed by atoms with Gasteiger partial charge in [0.25, 0.3) is 0 Å². The van der Waals surface area contributed by atoms with Crippen LogP contribution in [0.1, 0.15) is 13.3 Å². The molecule has 0 aromatic carbocycles. The molecule has 0 saturated heterocycles. The summed E-state index contributed by atoms with van der Waals surface area (Å²) in [4.78, 5) is 0. The van der Waals surface area contributed by atoms with E-state index in [0.29, 0.717) is 0 Å². The molecule has 0 aliphatic carbocycles. The van der Waals surface area contributed by atoms with Crippen LogP contribution in [0, 0.1) is 0 Å². The van der Waals surface area contributed by atoms with E-state index in [0.717, 1.165) is 6.42 Å². The number of hydrogen-bond acceptors (Lipinski definition) is 0. The van der Waals surface area contributed by atoms with Crippen LogP contribution in [0.5, 0.6) is 0 Å². The molecular formula is C14H18. The molecule has 0 amide bonds. The summed E-state index contributed by atoms with van der Waals surface area (Å²) in [6.45, 7) is 9.35. The van der Waals surface area contributed by atoms with Crippen molar-refractivity contribution in [1.29, 1.82) is 0 Å². The van der Waals surface area contributed by atoms with E-state index in [9.17, 15) is 0 Å². The molecule has 0 radical (unpaired) electrons. The second-order valence-electron chi connectivity index (χ2n) is 2.72. The van der Waals surface area contributed by atoms with Gasteiger partial charge in [0.15, 0.2) is 0 Å².